The number of aliphatic hydroxyl groups is 1. The van der Waals surface area contributed by atoms with Crippen molar-refractivity contribution in [3.63, 3.8) is 0 Å². The summed E-state index contributed by atoms with van der Waals surface area (Å²) < 4.78 is 13.6. The van der Waals surface area contributed by atoms with E-state index in [1.54, 1.807) is 16.5 Å². The number of aliphatic hydroxyl groups excluding tert-OH is 1. The minimum atomic E-state index is -1.13. The van der Waals surface area contributed by atoms with Gasteiger partial charge in [0.25, 0.3) is 0 Å². The van der Waals surface area contributed by atoms with Gasteiger partial charge in [-0.25, -0.2) is 4.68 Å². The Labute approximate surface area is 209 Å². The van der Waals surface area contributed by atoms with Crippen molar-refractivity contribution < 1.29 is 29.0 Å². The van der Waals surface area contributed by atoms with Crippen LogP contribution in [0.25, 0.3) is 11.0 Å². The minimum absolute atomic E-state index is 0.0100. The van der Waals surface area contributed by atoms with Gasteiger partial charge in [-0.1, -0.05) is 24.3 Å². The van der Waals surface area contributed by atoms with E-state index < -0.39 is 35.0 Å². The zero-order valence-corrected chi connectivity index (χ0v) is 20.8. The molecule has 0 saturated carbocycles. The molecule has 4 heterocycles. The van der Waals surface area contributed by atoms with E-state index in [1.165, 1.54) is 0 Å². The molecule has 2 aromatic rings. The Balaban J connectivity index is 1.47. The quantitative estimate of drug-likeness (QED) is 0.383. The molecule has 2 amide bonds. The van der Waals surface area contributed by atoms with Gasteiger partial charge < -0.3 is 24.8 Å². The third kappa shape index (κ3) is 3.51. The van der Waals surface area contributed by atoms with Gasteiger partial charge in [0.1, 0.15) is 29.7 Å². The maximum absolute atomic E-state index is 13.8. The van der Waals surface area contributed by atoms with E-state index in [0.717, 1.165) is 5.52 Å². The minimum Gasteiger partial charge on any atom is -0.466 e. The molecule has 5 rings (SSSR count). The normalized spacial score (nSPS) is 32.8. The van der Waals surface area contributed by atoms with Crippen molar-refractivity contribution in [2.45, 2.75) is 63.9 Å². The molecule has 2 N–H and O–H groups in total. The molecule has 3 aliphatic heterocycles. The summed E-state index contributed by atoms with van der Waals surface area (Å²) in [7, 11) is 0. The number of nitrogens with zero attached hydrogens (tertiary/aromatic N) is 4. The van der Waals surface area contributed by atoms with E-state index in [4.69, 9.17) is 9.47 Å². The van der Waals surface area contributed by atoms with E-state index in [9.17, 15) is 19.5 Å². The first-order chi connectivity index (χ1) is 17.3. The summed E-state index contributed by atoms with van der Waals surface area (Å²) >= 11 is 0. The van der Waals surface area contributed by atoms with Gasteiger partial charge in [-0.3, -0.25) is 14.4 Å². The van der Waals surface area contributed by atoms with Crippen LogP contribution in [0, 0.1) is 17.8 Å². The standard InChI is InChI=1S/C25H33N5O6/c1-4-35-23(34)19-18-22(33)29(11-7-8-12-31)20(25(18)13-15(2)24(19,3)36-25)21(32)26-14-30-17-10-6-5-9-16(17)27-28-30/h5-6,9-10,15,18-20,31H,4,7-8,11-14H2,1-3H3,(H,26,32)/t15?,18-,19+,20?,24-,25?/m0/s1. The summed E-state index contributed by atoms with van der Waals surface area (Å²) in [5.74, 6) is -2.73. The number of amides is 2. The molecule has 194 valence electrons. The molecular formula is C25H33N5O6. The number of esters is 1. The summed E-state index contributed by atoms with van der Waals surface area (Å²) in [6.07, 6.45) is 1.51. The fourth-order valence-corrected chi connectivity index (χ4v) is 6.55. The lowest BCUT2D eigenvalue weighted by molar-refractivity contribution is -0.161. The molecule has 1 spiro atoms. The number of hydrogen-bond donors (Lipinski definition) is 2. The predicted octanol–water partition coefficient (Wildman–Crippen LogP) is 0.851. The van der Waals surface area contributed by atoms with Gasteiger partial charge in [-0.2, -0.15) is 0 Å². The zero-order valence-electron chi connectivity index (χ0n) is 20.8. The Kier molecular flexibility index (Phi) is 6.24. The second-order valence-electron chi connectivity index (χ2n) is 10.2. The summed E-state index contributed by atoms with van der Waals surface area (Å²) in [5.41, 5.74) is -0.539. The fourth-order valence-electron chi connectivity index (χ4n) is 6.55. The molecule has 3 unspecified atom stereocenters. The molecule has 0 radical (unpaired) electrons. The Bertz CT molecular complexity index is 1180. The molecular weight excluding hydrogens is 466 g/mol. The van der Waals surface area contributed by atoms with Crippen LogP contribution >= 0.6 is 0 Å². The van der Waals surface area contributed by atoms with Gasteiger partial charge >= 0.3 is 5.97 Å². The van der Waals surface area contributed by atoms with Crippen LogP contribution in [0.4, 0.5) is 0 Å². The molecule has 2 bridgehead atoms. The van der Waals surface area contributed by atoms with E-state index >= 15 is 0 Å². The first kappa shape index (κ1) is 24.6. The number of rotatable bonds is 9. The number of ether oxygens (including phenoxy) is 2. The number of carbonyl (C=O) groups is 3. The van der Waals surface area contributed by atoms with Crippen molar-refractivity contribution >= 4 is 28.8 Å². The van der Waals surface area contributed by atoms with Crippen LogP contribution in [0.3, 0.4) is 0 Å². The maximum Gasteiger partial charge on any atom is 0.312 e. The Morgan fingerprint density at radius 1 is 1.31 bits per heavy atom. The molecule has 3 aliphatic rings. The van der Waals surface area contributed by atoms with Crippen LogP contribution < -0.4 is 5.32 Å². The highest BCUT2D eigenvalue weighted by Crippen LogP contribution is 2.65. The fraction of sp³-hybridized carbons (Fsp3) is 0.640. The van der Waals surface area contributed by atoms with Gasteiger partial charge in [-0.05, 0) is 51.2 Å². The first-order valence-corrected chi connectivity index (χ1v) is 12.6. The Morgan fingerprint density at radius 3 is 2.83 bits per heavy atom. The lowest BCUT2D eigenvalue weighted by Gasteiger charge is -2.35. The number of likely N-dealkylation sites (tertiary alicyclic amines) is 1. The van der Waals surface area contributed by atoms with Crippen molar-refractivity contribution in [3.8, 4) is 0 Å². The highest BCUT2D eigenvalue weighted by atomic mass is 16.6. The molecule has 3 fully saturated rings. The highest BCUT2D eigenvalue weighted by Gasteiger charge is 2.80. The van der Waals surface area contributed by atoms with Crippen LogP contribution in [0.5, 0.6) is 0 Å². The number of aromatic nitrogens is 3. The van der Waals surface area contributed by atoms with E-state index in [-0.39, 0.29) is 44.2 Å². The van der Waals surface area contributed by atoms with Gasteiger partial charge in [0.2, 0.25) is 11.8 Å². The predicted molar refractivity (Wildman–Crippen MR) is 127 cm³/mol. The van der Waals surface area contributed by atoms with Crippen molar-refractivity contribution in [1.82, 2.24) is 25.2 Å². The van der Waals surface area contributed by atoms with Gasteiger partial charge in [0.05, 0.1) is 23.6 Å². The number of benzene rings is 1. The topological polar surface area (TPSA) is 136 Å². The van der Waals surface area contributed by atoms with Crippen molar-refractivity contribution in [2.75, 3.05) is 19.8 Å². The number of nitrogens with one attached hydrogen (secondary N) is 1. The second kappa shape index (κ2) is 9.11. The number of carbonyl (C=O) groups excluding carboxylic acids is 3. The third-order valence-electron chi connectivity index (χ3n) is 8.23. The largest absolute Gasteiger partial charge is 0.466 e. The van der Waals surface area contributed by atoms with Crippen LogP contribution in [0.2, 0.25) is 0 Å². The van der Waals surface area contributed by atoms with Crippen LogP contribution in [0.1, 0.15) is 40.0 Å². The summed E-state index contributed by atoms with van der Waals surface area (Å²) in [6, 6.07) is 6.53. The maximum atomic E-state index is 13.8. The summed E-state index contributed by atoms with van der Waals surface area (Å²) in [5, 5.41) is 20.5. The zero-order chi connectivity index (χ0) is 25.7. The highest BCUT2D eigenvalue weighted by molar-refractivity contribution is 5.98. The molecule has 0 aliphatic carbocycles. The average Bonchev–Trinajstić information content (AvgIpc) is 3.52. The number of unbranched alkanes of at least 4 members (excludes halogenated alkanes) is 1. The number of para-hydroxylation sites is 1. The number of fused-ring (bicyclic) bond motifs is 2. The lowest BCUT2D eigenvalue weighted by atomic mass is 9.62. The molecule has 3 saturated heterocycles. The van der Waals surface area contributed by atoms with Crippen LogP contribution in [-0.4, -0.2) is 79.8 Å². The smallest absolute Gasteiger partial charge is 0.312 e. The monoisotopic (exact) mass is 499 g/mol. The van der Waals surface area contributed by atoms with Gasteiger partial charge in [-0.15, -0.1) is 5.10 Å². The third-order valence-corrected chi connectivity index (χ3v) is 8.23. The Morgan fingerprint density at radius 2 is 2.08 bits per heavy atom. The van der Waals surface area contributed by atoms with Crippen molar-refractivity contribution in [3.05, 3.63) is 24.3 Å². The summed E-state index contributed by atoms with van der Waals surface area (Å²) in [4.78, 5) is 42.3. The molecule has 1 aromatic heterocycles. The van der Waals surface area contributed by atoms with Gasteiger partial charge in [0.15, 0.2) is 0 Å². The molecule has 11 heteroatoms. The number of hydrogen-bond acceptors (Lipinski definition) is 8. The van der Waals surface area contributed by atoms with Crippen molar-refractivity contribution in [1.29, 1.82) is 0 Å². The van der Waals surface area contributed by atoms with Gasteiger partial charge in [0, 0.05) is 13.2 Å². The molecule has 6 atom stereocenters. The van der Waals surface area contributed by atoms with E-state index in [0.29, 0.717) is 24.8 Å². The summed E-state index contributed by atoms with van der Waals surface area (Å²) in [6.45, 7) is 6.12. The van der Waals surface area contributed by atoms with Crippen LogP contribution in [0.15, 0.2) is 24.3 Å². The molecule has 1 aromatic carbocycles. The van der Waals surface area contributed by atoms with Crippen LogP contribution in [-0.2, 0) is 30.5 Å². The molecule has 36 heavy (non-hydrogen) atoms. The van der Waals surface area contributed by atoms with Crippen molar-refractivity contribution in [2.24, 2.45) is 17.8 Å². The second-order valence-corrected chi connectivity index (χ2v) is 10.2. The first-order valence-electron chi connectivity index (χ1n) is 12.6. The average molecular weight is 500 g/mol. The van der Waals surface area contributed by atoms with E-state index in [2.05, 4.69) is 15.6 Å². The SMILES string of the molecule is CCOC(=O)[C@H]1[C@H]2C(=O)N(CCCCO)C(C(=O)NCn3nnc4ccccc43)C23CC(C)[C@]1(C)O3. The Hall–Kier alpha value is -3.05. The lowest BCUT2D eigenvalue weighted by Crippen LogP contribution is -2.55. The molecule has 11 nitrogen and oxygen atoms in total. The van der Waals surface area contributed by atoms with E-state index in [1.807, 2.05) is 38.1 Å².